The van der Waals surface area contributed by atoms with E-state index in [1.54, 1.807) is 6.07 Å². The summed E-state index contributed by atoms with van der Waals surface area (Å²) < 4.78 is 5.57. The summed E-state index contributed by atoms with van der Waals surface area (Å²) in [7, 11) is 0. The van der Waals surface area contributed by atoms with Gasteiger partial charge < -0.3 is 14.2 Å². The Balaban J connectivity index is 1.38. The highest BCUT2D eigenvalue weighted by Gasteiger charge is 2.43. The Morgan fingerprint density at radius 3 is 2.69 bits per heavy atom. The van der Waals surface area contributed by atoms with Gasteiger partial charge >= 0.3 is 0 Å². The van der Waals surface area contributed by atoms with E-state index in [-0.39, 0.29) is 11.4 Å². The molecule has 0 unspecified atom stereocenters. The number of aryl methyl sites for hydroxylation is 1. The van der Waals surface area contributed by atoms with Crippen molar-refractivity contribution < 1.29 is 9.21 Å². The normalized spacial score (nSPS) is 22.4. The Labute approximate surface area is 170 Å². The van der Waals surface area contributed by atoms with E-state index in [1.165, 1.54) is 0 Å². The zero-order chi connectivity index (χ0) is 19.8. The largest absolute Gasteiger partial charge is 0.456 e. The van der Waals surface area contributed by atoms with Crippen molar-refractivity contribution in [3.8, 4) is 0 Å². The van der Waals surface area contributed by atoms with Gasteiger partial charge in [0.2, 0.25) is 5.95 Å². The van der Waals surface area contributed by atoms with Crippen molar-refractivity contribution in [1.82, 2.24) is 14.9 Å². The second-order valence-corrected chi connectivity index (χ2v) is 8.26. The molecular weight excluding hydrogens is 364 g/mol. The van der Waals surface area contributed by atoms with Crippen molar-refractivity contribution >= 4 is 22.8 Å². The number of benzene rings is 1. The Morgan fingerprint density at radius 1 is 1.03 bits per heavy atom. The fraction of sp³-hybridized carbons (Fsp3) is 0.435. The summed E-state index contributed by atoms with van der Waals surface area (Å²) in [6.07, 6.45) is 7.18. The molecule has 5 rings (SSSR count). The maximum absolute atomic E-state index is 12.9. The molecule has 2 aromatic heterocycles. The zero-order valence-electron chi connectivity index (χ0n) is 16.8. The van der Waals surface area contributed by atoms with Gasteiger partial charge in [0.25, 0.3) is 5.91 Å². The van der Waals surface area contributed by atoms with Gasteiger partial charge in [-0.1, -0.05) is 18.2 Å². The average Bonchev–Trinajstić information content (AvgIpc) is 3.29. The average molecular weight is 390 g/mol. The molecule has 2 saturated heterocycles. The monoisotopic (exact) mass is 390 g/mol. The van der Waals surface area contributed by atoms with Gasteiger partial charge in [-0.3, -0.25) is 4.79 Å². The van der Waals surface area contributed by atoms with Crippen LogP contribution >= 0.6 is 0 Å². The van der Waals surface area contributed by atoms with E-state index in [4.69, 9.17) is 14.4 Å². The number of carbonyl (C=O) groups excluding carboxylic acids is 1. The van der Waals surface area contributed by atoms with Gasteiger partial charge in [-0.25, -0.2) is 9.97 Å². The van der Waals surface area contributed by atoms with Gasteiger partial charge in [0.15, 0.2) is 5.76 Å². The van der Waals surface area contributed by atoms with Gasteiger partial charge in [-0.15, -0.1) is 0 Å². The fourth-order valence-corrected chi connectivity index (χ4v) is 4.95. The number of anilines is 1. The first-order valence-corrected chi connectivity index (χ1v) is 10.5. The molecule has 0 radical (unpaired) electrons. The van der Waals surface area contributed by atoms with Gasteiger partial charge in [0.05, 0.1) is 5.52 Å². The fourth-order valence-electron chi connectivity index (χ4n) is 4.95. The maximum atomic E-state index is 12.9. The van der Waals surface area contributed by atoms with Crippen molar-refractivity contribution in [2.24, 2.45) is 0 Å². The van der Waals surface area contributed by atoms with Crippen LogP contribution in [-0.4, -0.2) is 45.9 Å². The SMILES string of the molecule is Cc1ccc(C(=O)N2CCC[C@@]3(CCCN3c3ncc4ccccc4n3)CC2)o1. The van der Waals surface area contributed by atoms with Crippen LogP contribution in [0.5, 0.6) is 0 Å². The molecule has 0 bridgehead atoms. The van der Waals surface area contributed by atoms with Gasteiger partial charge in [0, 0.05) is 36.8 Å². The van der Waals surface area contributed by atoms with Crippen LogP contribution < -0.4 is 4.90 Å². The predicted octanol–water partition coefficient (Wildman–Crippen LogP) is 4.20. The molecule has 2 aliphatic rings. The summed E-state index contributed by atoms with van der Waals surface area (Å²) in [5.41, 5.74) is 1.02. The predicted molar refractivity (Wildman–Crippen MR) is 112 cm³/mol. The Morgan fingerprint density at radius 2 is 1.86 bits per heavy atom. The lowest BCUT2D eigenvalue weighted by molar-refractivity contribution is 0.0726. The number of aromatic nitrogens is 2. The van der Waals surface area contributed by atoms with Crippen LogP contribution in [0.15, 0.2) is 47.0 Å². The highest BCUT2D eigenvalue weighted by molar-refractivity contribution is 5.91. The second kappa shape index (κ2) is 7.17. The number of carbonyl (C=O) groups is 1. The third kappa shape index (κ3) is 3.26. The molecule has 0 saturated carbocycles. The molecule has 1 spiro atoms. The lowest BCUT2D eigenvalue weighted by Gasteiger charge is -2.38. The summed E-state index contributed by atoms with van der Waals surface area (Å²) in [5.74, 6) is 2.04. The molecule has 29 heavy (non-hydrogen) atoms. The third-order valence-corrected chi connectivity index (χ3v) is 6.47. The number of para-hydroxylation sites is 1. The van der Waals surface area contributed by atoms with Gasteiger partial charge in [-0.2, -0.15) is 0 Å². The number of fused-ring (bicyclic) bond motifs is 1. The minimum absolute atomic E-state index is 0.00153. The summed E-state index contributed by atoms with van der Waals surface area (Å²) >= 11 is 0. The highest BCUT2D eigenvalue weighted by Crippen LogP contribution is 2.40. The van der Waals surface area contributed by atoms with E-state index >= 15 is 0 Å². The van der Waals surface area contributed by atoms with Crippen molar-refractivity contribution in [2.45, 2.75) is 44.6 Å². The number of hydrogen-bond donors (Lipinski definition) is 0. The number of nitrogens with zero attached hydrogens (tertiary/aromatic N) is 4. The third-order valence-electron chi connectivity index (χ3n) is 6.47. The van der Waals surface area contributed by atoms with Crippen LogP contribution in [0.25, 0.3) is 10.9 Å². The molecule has 0 aliphatic carbocycles. The van der Waals surface area contributed by atoms with Crippen LogP contribution in [-0.2, 0) is 0 Å². The van der Waals surface area contributed by atoms with E-state index in [0.29, 0.717) is 5.76 Å². The first-order chi connectivity index (χ1) is 14.1. The Bertz CT molecular complexity index is 1050. The molecule has 1 aromatic carbocycles. The summed E-state index contributed by atoms with van der Waals surface area (Å²) in [6.45, 7) is 4.35. The van der Waals surface area contributed by atoms with E-state index in [0.717, 1.165) is 74.3 Å². The number of furan rings is 1. The molecule has 0 N–H and O–H groups in total. The van der Waals surface area contributed by atoms with Crippen LogP contribution in [0.2, 0.25) is 0 Å². The number of likely N-dealkylation sites (tertiary alicyclic amines) is 1. The smallest absolute Gasteiger partial charge is 0.289 e. The molecule has 6 heteroatoms. The lowest BCUT2D eigenvalue weighted by Crippen LogP contribution is -2.46. The van der Waals surface area contributed by atoms with Crippen LogP contribution in [0.4, 0.5) is 5.95 Å². The minimum Gasteiger partial charge on any atom is -0.456 e. The molecular formula is C23H26N4O2. The minimum atomic E-state index is 0.00153. The van der Waals surface area contributed by atoms with E-state index in [9.17, 15) is 4.79 Å². The first-order valence-electron chi connectivity index (χ1n) is 10.5. The van der Waals surface area contributed by atoms with E-state index < -0.39 is 0 Å². The Kier molecular flexibility index (Phi) is 4.49. The van der Waals surface area contributed by atoms with Crippen LogP contribution in [0.3, 0.4) is 0 Å². The quantitative estimate of drug-likeness (QED) is 0.656. The summed E-state index contributed by atoms with van der Waals surface area (Å²) in [6, 6.07) is 11.8. The Hall–Kier alpha value is -2.89. The molecule has 4 heterocycles. The molecule has 2 aliphatic heterocycles. The standard InChI is InChI=1S/C23H26N4O2/c1-17-8-9-20(29-17)21(28)26-13-4-10-23(12-15-26)11-5-14-27(23)22-24-16-18-6-2-3-7-19(18)25-22/h2-3,6-9,16H,4-5,10-15H2,1H3/t23-/m1/s1. The number of hydrogen-bond acceptors (Lipinski definition) is 5. The molecule has 2 fully saturated rings. The van der Waals surface area contributed by atoms with Gasteiger partial charge in [-0.05, 0) is 57.2 Å². The molecule has 1 amide bonds. The van der Waals surface area contributed by atoms with Crippen molar-refractivity contribution in [1.29, 1.82) is 0 Å². The maximum Gasteiger partial charge on any atom is 0.289 e. The molecule has 150 valence electrons. The van der Waals surface area contributed by atoms with Crippen LogP contribution in [0, 0.1) is 6.92 Å². The van der Waals surface area contributed by atoms with Gasteiger partial charge in [0.1, 0.15) is 5.76 Å². The highest BCUT2D eigenvalue weighted by atomic mass is 16.3. The molecule has 3 aromatic rings. The van der Waals surface area contributed by atoms with Crippen molar-refractivity contribution in [3.63, 3.8) is 0 Å². The topological polar surface area (TPSA) is 62.5 Å². The lowest BCUT2D eigenvalue weighted by atomic mass is 9.88. The zero-order valence-corrected chi connectivity index (χ0v) is 16.8. The molecule has 6 nitrogen and oxygen atoms in total. The molecule has 1 atom stereocenters. The second-order valence-electron chi connectivity index (χ2n) is 8.26. The number of amides is 1. The summed E-state index contributed by atoms with van der Waals surface area (Å²) in [4.78, 5) is 26.8. The van der Waals surface area contributed by atoms with E-state index in [1.807, 2.05) is 48.4 Å². The van der Waals surface area contributed by atoms with E-state index in [2.05, 4.69) is 4.90 Å². The van der Waals surface area contributed by atoms with Crippen molar-refractivity contribution in [3.05, 3.63) is 54.1 Å². The van der Waals surface area contributed by atoms with Crippen molar-refractivity contribution in [2.75, 3.05) is 24.5 Å². The summed E-state index contributed by atoms with van der Waals surface area (Å²) in [5, 5.41) is 1.07. The van der Waals surface area contributed by atoms with Crippen LogP contribution in [0.1, 0.15) is 48.4 Å². The first kappa shape index (κ1) is 18.2. The number of rotatable bonds is 2.